The Hall–Kier alpha value is -1.44. The number of likely N-dealkylation sites (tertiary alicyclic amines) is 1. The molecule has 1 aromatic carbocycles. The smallest absolute Gasteiger partial charge is 0.243 e. The number of benzene rings is 1. The van der Waals surface area contributed by atoms with Gasteiger partial charge in [-0.1, -0.05) is 17.7 Å². The predicted octanol–water partition coefficient (Wildman–Crippen LogP) is 0.499. The molecular weight excluding hydrogens is 362 g/mol. The number of carbonyl (C=O) groups is 1. The molecule has 6 nitrogen and oxygen atoms in total. The number of hydrogen-bond acceptors (Lipinski definition) is 3. The molecule has 3 rings (SSSR count). The van der Waals surface area contributed by atoms with Crippen molar-refractivity contribution >= 4 is 15.9 Å². The number of aryl methyl sites for hydroxylation is 2. The van der Waals surface area contributed by atoms with Gasteiger partial charge in [0.2, 0.25) is 15.9 Å². The van der Waals surface area contributed by atoms with Gasteiger partial charge in [0.15, 0.2) is 0 Å². The van der Waals surface area contributed by atoms with E-state index < -0.39 is 10.0 Å². The summed E-state index contributed by atoms with van der Waals surface area (Å²) in [5.41, 5.74) is 1.83. The topological polar surface area (TPSA) is 70.9 Å². The number of piperidine rings is 1. The highest BCUT2D eigenvalue weighted by Crippen LogP contribution is 2.26. The standard InChI is InChI=1S/C20H31N3O3S/c1-16-5-6-19(17(2)15-16)27(25,26)23-12-7-18(8-13-23)20(24)21-9-14-22-10-3-4-11-22/h5-6,15,18H,3-4,7-14H2,1-2H3,(H,21,24)/p+1. The van der Waals surface area contributed by atoms with Gasteiger partial charge in [-0.15, -0.1) is 0 Å². The SMILES string of the molecule is Cc1ccc(S(=O)(=O)N2CCC(C(=O)NCC[NH+]3CCCC3)CC2)c(C)c1. The summed E-state index contributed by atoms with van der Waals surface area (Å²) in [5.74, 6) is 0.00121. The summed E-state index contributed by atoms with van der Waals surface area (Å²) in [6.07, 6.45) is 3.76. The van der Waals surface area contributed by atoms with Crippen molar-refractivity contribution in [2.24, 2.45) is 5.92 Å². The second kappa shape index (κ2) is 8.71. The molecule has 0 aromatic heterocycles. The Bertz CT molecular complexity index is 765. The minimum Gasteiger partial charge on any atom is -0.350 e. The summed E-state index contributed by atoms with van der Waals surface area (Å²) in [6.45, 7) is 8.74. The lowest BCUT2D eigenvalue weighted by Gasteiger charge is -2.31. The first-order valence-corrected chi connectivity index (χ1v) is 11.5. The molecule has 2 N–H and O–H groups in total. The van der Waals surface area contributed by atoms with Crippen LogP contribution in [0.5, 0.6) is 0 Å². The summed E-state index contributed by atoms with van der Waals surface area (Å²) in [7, 11) is -3.49. The van der Waals surface area contributed by atoms with Crippen LogP contribution in [0.3, 0.4) is 0 Å². The van der Waals surface area contributed by atoms with Crippen molar-refractivity contribution in [3.8, 4) is 0 Å². The normalized spacial score (nSPS) is 20.1. The molecule has 1 aromatic rings. The number of quaternary nitrogens is 1. The zero-order valence-electron chi connectivity index (χ0n) is 16.5. The predicted molar refractivity (Wildman–Crippen MR) is 105 cm³/mol. The Morgan fingerprint density at radius 2 is 1.85 bits per heavy atom. The maximum atomic E-state index is 12.9. The third-order valence-corrected chi connectivity index (χ3v) is 7.92. The van der Waals surface area contributed by atoms with Crippen LogP contribution in [0.4, 0.5) is 0 Å². The van der Waals surface area contributed by atoms with Gasteiger partial charge >= 0.3 is 0 Å². The Labute approximate surface area is 163 Å². The summed E-state index contributed by atoms with van der Waals surface area (Å²) in [5, 5.41) is 3.05. The van der Waals surface area contributed by atoms with E-state index in [0.717, 1.165) is 24.2 Å². The van der Waals surface area contributed by atoms with E-state index in [1.807, 2.05) is 26.0 Å². The molecule has 0 unspecified atom stereocenters. The van der Waals surface area contributed by atoms with Crippen molar-refractivity contribution in [1.82, 2.24) is 9.62 Å². The highest BCUT2D eigenvalue weighted by Gasteiger charge is 2.32. The van der Waals surface area contributed by atoms with Crippen molar-refractivity contribution in [3.63, 3.8) is 0 Å². The third kappa shape index (κ3) is 4.89. The van der Waals surface area contributed by atoms with Crippen LogP contribution in [0.2, 0.25) is 0 Å². The van der Waals surface area contributed by atoms with E-state index in [-0.39, 0.29) is 11.8 Å². The van der Waals surface area contributed by atoms with E-state index in [1.54, 1.807) is 11.0 Å². The number of sulfonamides is 1. The zero-order chi connectivity index (χ0) is 19.4. The van der Waals surface area contributed by atoms with Crippen molar-refractivity contribution < 1.29 is 18.1 Å². The first-order chi connectivity index (χ1) is 12.9. The van der Waals surface area contributed by atoms with Crippen LogP contribution in [0.15, 0.2) is 23.1 Å². The van der Waals surface area contributed by atoms with Crippen LogP contribution in [0, 0.1) is 19.8 Å². The van der Waals surface area contributed by atoms with Crippen LogP contribution in [-0.4, -0.2) is 57.9 Å². The van der Waals surface area contributed by atoms with Gasteiger partial charge in [0.1, 0.15) is 0 Å². The van der Waals surface area contributed by atoms with Gasteiger partial charge < -0.3 is 10.2 Å². The van der Waals surface area contributed by atoms with Crippen molar-refractivity contribution in [3.05, 3.63) is 29.3 Å². The lowest BCUT2D eigenvalue weighted by Crippen LogP contribution is -3.10. The van der Waals surface area contributed by atoms with Gasteiger partial charge in [0.25, 0.3) is 0 Å². The number of rotatable bonds is 6. The van der Waals surface area contributed by atoms with Gasteiger partial charge in [-0.05, 0) is 38.3 Å². The number of carbonyl (C=O) groups excluding carboxylic acids is 1. The lowest BCUT2D eigenvalue weighted by atomic mass is 9.97. The highest BCUT2D eigenvalue weighted by molar-refractivity contribution is 7.89. The summed E-state index contributed by atoms with van der Waals surface area (Å²) < 4.78 is 27.4. The molecule has 1 amide bonds. The Morgan fingerprint density at radius 1 is 1.19 bits per heavy atom. The molecule has 27 heavy (non-hydrogen) atoms. The molecule has 0 spiro atoms. The molecule has 0 bridgehead atoms. The summed E-state index contributed by atoms with van der Waals surface area (Å²) in [6, 6.07) is 5.43. The van der Waals surface area contributed by atoms with Crippen LogP contribution in [0.1, 0.15) is 36.8 Å². The third-order valence-electron chi connectivity index (χ3n) is 5.86. The minimum absolute atomic E-state index is 0.0795. The van der Waals surface area contributed by atoms with Gasteiger partial charge in [0, 0.05) is 31.8 Å². The molecule has 0 radical (unpaired) electrons. The average Bonchev–Trinajstić information content (AvgIpc) is 3.15. The van der Waals surface area contributed by atoms with E-state index >= 15 is 0 Å². The average molecular weight is 395 g/mol. The van der Waals surface area contributed by atoms with Crippen molar-refractivity contribution in [2.45, 2.75) is 44.4 Å². The van der Waals surface area contributed by atoms with E-state index in [9.17, 15) is 13.2 Å². The lowest BCUT2D eigenvalue weighted by molar-refractivity contribution is -0.886. The Kier molecular flexibility index (Phi) is 6.55. The first-order valence-electron chi connectivity index (χ1n) is 10.1. The molecule has 7 heteroatoms. The van der Waals surface area contributed by atoms with Crippen LogP contribution >= 0.6 is 0 Å². The van der Waals surface area contributed by atoms with Gasteiger partial charge in [-0.3, -0.25) is 4.79 Å². The molecule has 0 saturated carbocycles. The fourth-order valence-electron chi connectivity index (χ4n) is 4.22. The second-order valence-corrected chi connectivity index (χ2v) is 9.85. The second-order valence-electron chi connectivity index (χ2n) is 7.95. The molecule has 2 fully saturated rings. The van der Waals surface area contributed by atoms with E-state index in [1.165, 1.54) is 30.2 Å². The molecule has 2 aliphatic rings. The van der Waals surface area contributed by atoms with Crippen LogP contribution in [-0.2, 0) is 14.8 Å². The summed E-state index contributed by atoms with van der Waals surface area (Å²) >= 11 is 0. The Balaban J connectivity index is 1.50. The minimum atomic E-state index is -3.49. The molecule has 2 saturated heterocycles. The zero-order valence-corrected chi connectivity index (χ0v) is 17.3. The molecular formula is C20H32N3O3S+. The molecule has 0 atom stereocenters. The highest BCUT2D eigenvalue weighted by atomic mass is 32.2. The molecule has 0 aliphatic carbocycles. The van der Waals surface area contributed by atoms with Crippen molar-refractivity contribution in [2.75, 3.05) is 39.3 Å². The first kappa shape index (κ1) is 20.3. The van der Waals surface area contributed by atoms with Gasteiger partial charge in [-0.2, -0.15) is 4.31 Å². The monoisotopic (exact) mass is 394 g/mol. The van der Waals surface area contributed by atoms with E-state index in [0.29, 0.717) is 30.8 Å². The fourth-order valence-corrected chi connectivity index (χ4v) is 5.89. The number of nitrogens with one attached hydrogen (secondary N) is 2. The molecule has 2 aliphatic heterocycles. The maximum Gasteiger partial charge on any atom is 0.243 e. The molecule has 150 valence electrons. The van der Waals surface area contributed by atoms with Crippen LogP contribution in [0.25, 0.3) is 0 Å². The quantitative estimate of drug-likeness (QED) is 0.738. The van der Waals surface area contributed by atoms with Gasteiger partial charge in [0.05, 0.1) is 31.1 Å². The number of hydrogen-bond donors (Lipinski definition) is 2. The maximum absolute atomic E-state index is 12.9. The van der Waals surface area contributed by atoms with E-state index in [2.05, 4.69) is 5.32 Å². The Morgan fingerprint density at radius 3 is 2.48 bits per heavy atom. The largest absolute Gasteiger partial charge is 0.350 e. The van der Waals surface area contributed by atoms with E-state index in [4.69, 9.17) is 0 Å². The van der Waals surface area contributed by atoms with Crippen LogP contribution < -0.4 is 10.2 Å². The fraction of sp³-hybridized carbons (Fsp3) is 0.650. The van der Waals surface area contributed by atoms with Crippen molar-refractivity contribution in [1.29, 1.82) is 0 Å². The number of nitrogens with zero attached hydrogens (tertiary/aromatic N) is 1. The summed E-state index contributed by atoms with van der Waals surface area (Å²) in [4.78, 5) is 14.4. The number of amides is 1. The van der Waals surface area contributed by atoms with Gasteiger partial charge in [-0.25, -0.2) is 8.42 Å². The molecule has 2 heterocycles.